The van der Waals surface area contributed by atoms with Crippen LogP contribution in [0.4, 0.5) is 14.5 Å². The number of amides is 1. The Morgan fingerprint density at radius 1 is 1.36 bits per heavy atom. The summed E-state index contributed by atoms with van der Waals surface area (Å²) in [4.78, 5) is 12.6. The van der Waals surface area contributed by atoms with Crippen molar-refractivity contribution < 1.29 is 13.6 Å². The molecule has 0 aliphatic heterocycles. The molecule has 0 unspecified atom stereocenters. The largest absolute Gasteiger partial charge is 0.322 e. The van der Waals surface area contributed by atoms with E-state index in [-0.39, 0.29) is 5.56 Å². The molecule has 0 radical (unpaired) electrons. The number of carbonyl (C=O) groups is 1. The zero-order chi connectivity index (χ0) is 17.8. The first-order chi connectivity index (χ1) is 11.9. The van der Waals surface area contributed by atoms with Crippen LogP contribution in [0.25, 0.3) is 0 Å². The standard InChI is InChI=1S/C19H21F2N3O/c1-19(11-7-8-11)9-14(19)12-5-3-4-6-15(12)22-18(25)13-10-24(2)23-16(13)17(20)21/h3-6,10-11,14,17H,7-9H2,1-2H3,(H,22,25)/t14-,19+/m0/s1. The highest BCUT2D eigenvalue weighted by Crippen LogP contribution is 2.70. The molecule has 2 aromatic rings. The maximum atomic E-state index is 13.1. The van der Waals surface area contributed by atoms with Gasteiger partial charge in [-0.25, -0.2) is 8.78 Å². The van der Waals surface area contributed by atoms with Gasteiger partial charge in [0.15, 0.2) is 0 Å². The van der Waals surface area contributed by atoms with E-state index in [1.54, 1.807) is 0 Å². The predicted octanol–water partition coefficient (Wildman–Crippen LogP) is 4.51. The van der Waals surface area contributed by atoms with Crippen molar-refractivity contribution in [2.24, 2.45) is 18.4 Å². The van der Waals surface area contributed by atoms with Gasteiger partial charge < -0.3 is 5.32 Å². The highest BCUT2D eigenvalue weighted by molar-refractivity contribution is 6.05. The smallest absolute Gasteiger partial charge is 0.282 e. The Morgan fingerprint density at radius 3 is 2.76 bits per heavy atom. The number of halogens is 2. The van der Waals surface area contributed by atoms with Gasteiger partial charge in [0.25, 0.3) is 12.3 Å². The fourth-order valence-electron chi connectivity index (χ4n) is 3.99. The number of nitrogens with zero attached hydrogens (tertiary/aromatic N) is 2. The van der Waals surface area contributed by atoms with Gasteiger partial charge in [-0.15, -0.1) is 0 Å². The van der Waals surface area contributed by atoms with Gasteiger partial charge in [-0.1, -0.05) is 25.1 Å². The minimum Gasteiger partial charge on any atom is -0.322 e. The molecule has 0 bridgehead atoms. The van der Waals surface area contributed by atoms with Crippen molar-refractivity contribution in [2.75, 3.05) is 5.32 Å². The first-order valence-corrected chi connectivity index (χ1v) is 8.62. The summed E-state index contributed by atoms with van der Waals surface area (Å²) >= 11 is 0. The number of benzene rings is 1. The van der Waals surface area contributed by atoms with Crippen LogP contribution in [0.1, 0.15) is 60.1 Å². The maximum Gasteiger partial charge on any atom is 0.282 e. The molecule has 0 saturated heterocycles. The lowest BCUT2D eigenvalue weighted by molar-refractivity contribution is 0.101. The summed E-state index contributed by atoms with van der Waals surface area (Å²) in [6.07, 6.45) is 2.26. The molecule has 2 atom stereocenters. The van der Waals surface area contributed by atoms with Crippen LogP contribution in [0.5, 0.6) is 0 Å². The zero-order valence-corrected chi connectivity index (χ0v) is 14.3. The third kappa shape index (κ3) is 2.83. The first kappa shape index (κ1) is 16.2. The number of aromatic nitrogens is 2. The van der Waals surface area contributed by atoms with E-state index in [0.717, 1.165) is 17.9 Å². The molecule has 2 fully saturated rings. The van der Waals surface area contributed by atoms with Crippen LogP contribution < -0.4 is 5.32 Å². The van der Waals surface area contributed by atoms with Gasteiger partial charge in [0.1, 0.15) is 5.69 Å². The summed E-state index contributed by atoms with van der Waals surface area (Å²) in [5, 5.41) is 6.53. The van der Waals surface area contributed by atoms with Crippen LogP contribution in [0, 0.1) is 11.3 Å². The number of alkyl halides is 2. The Morgan fingerprint density at radius 2 is 2.08 bits per heavy atom. The minimum atomic E-state index is -2.78. The van der Waals surface area contributed by atoms with Gasteiger partial charge in [-0.05, 0) is 48.1 Å². The van der Waals surface area contributed by atoms with Gasteiger partial charge in [-0.3, -0.25) is 9.48 Å². The topological polar surface area (TPSA) is 46.9 Å². The fourth-order valence-corrected chi connectivity index (χ4v) is 3.99. The zero-order valence-electron chi connectivity index (χ0n) is 14.3. The quantitative estimate of drug-likeness (QED) is 0.866. The molecule has 6 heteroatoms. The van der Waals surface area contributed by atoms with Crippen molar-refractivity contribution in [3.8, 4) is 0 Å². The maximum absolute atomic E-state index is 13.1. The number of anilines is 1. The Bertz CT molecular complexity index is 828. The van der Waals surface area contributed by atoms with Crippen molar-refractivity contribution in [3.63, 3.8) is 0 Å². The van der Waals surface area contributed by atoms with E-state index in [4.69, 9.17) is 0 Å². The fraction of sp³-hybridized carbons (Fsp3) is 0.474. The summed E-state index contributed by atoms with van der Waals surface area (Å²) in [6.45, 7) is 2.31. The molecule has 4 nitrogen and oxygen atoms in total. The van der Waals surface area contributed by atoms with Crippen molar-refractivity contribution in [1.82, 2.24) is 9.78 Å². The average Bonchev–Trinajstić information content (AvgIpc) is 3.47. The lowest BCUT2D eigenvalue weighted by Crippen LogP contribution is -2.15. The number of rotatable bonds is 5. The molecule has 1 aromatic carbocycles. The van der Waals surface area contributed by atoms with Gasteiger partial charge >= 0.3 is 0 Å². The molecule has 1 N–H and O–H groups in total. The number of aryl methyl sites for hydroxylation is 1. The SMILES string of the molecule is Cn1cc(C(=O)Nc2ccccc2[C@@H]2C[C@]2(C)C2CC2)c(C(F)F)n1. The van der Waals surface area contributed by atoms with Gasteiger partial charge in [-0.2, -0.15) is 5.10 Å². The van der Waals surface area contributed by atoms with E-state index >= 15 is 0 Å². The Hall–Kier alpha value is -2.24. The van der Waals surface area contributed by atoms with Crippen LogP contribution in [0.2, 0.25) is 0 Å². The predicted molar refractivity (Wildman–Crippen MR) is 90.7 cm³/mol. The van der Waals surface area contributed by atoms with E-state index in [2.05, 4.69) is 17.3 Å². The minimum absolute atomic E-state index is 0.0759. The van der Waals surface area contributed by atoms with Crippen molar-refractivity contribution in [2.45, 2.75) is 38.5 Å². The van der Waals surface area contributed by atoms with Crippen molar-refractivity contribution in [1.29, 1.82) is 0 Å². The second-order valence-corrected chi connectivity index (χ2v) is 7.48. The summed E-state index contributed by atoms with van der Waals surface area (Å²) in [5.74, 6) is 0.676. The number of hydrogen-bond donors (Lipinski definition) is 1. The molecular formula is C19H21F2N3O. The van der Waals surface area contributed by atoms with E-state index in [1.807, 2.05) is 24.3 Å². The van der Waals surface area contributed by atoms with Crippen molar-refractivity contribution in [3.05, 3.63) is 47.3 Å². The summed E-state index contributed by atoms with van der Waals surface area (Å²) < 4.78 is 27.4. The summed E-state index contributed by atoms with van der Waals surface area (Å²) in [6, 6.07) is 7.70. The lowest BCUT2D eigenvalue weighted by atomic mass is 9.95. The Kier molecular flexibility index (Phi) is 3.67. The molecular weight excluding hydrogens is 324 g/mol. The third-order valence-corrected chi connectivity index (χ3v) is 5.68. The highest BCUT2D eigenvalue weighted by atomic mass is 19.3. The lowest BCUT2D eigenvalue weighted by Gasteiger charge is -2.14. The van der Waals surface area contributed by atoms with E-state index in [1.165, 1.54) is 30.8 Å². The molecule has 4 rings (SSSR count). The van der Waals surface area contributed by atoms with Crippen LogP contribution in [-0.2, 0) is 7.05 Å². The summed E-state index contributed by atoms with van der Waals surface area (Å²) in [7, 11) is 1.53. The number of hydrogen-bond acceptors (Lipinski definition) is 2. The second-order valence-electron chi connectivity index (χ2n) is 7.48. The number of carbonyl (C=O) groups excluding carboxylic acids is 1. The average molecular weight is 345 g/mol. The molecule has 132 valence electrons. The molecule has 0 spiro atoms. The molecule has 2 aliphatic carbocycles. The molecule has 1 heterocycles. The molecule has 25 heavy (non-hydrogen) atoms. The Balaban J connectivity index is 1.59. The van der Waals surface area contributed by atoms with Gasteiger partial charge in [0.2, 0.25) is 0 Å². The second kappa shape index (κ2) is 5.64. The molecule has 2 saturated carbocycles. The van der Waals surface area contributed by atoms with Gasteiger partial charge in [0.05, 0.1) is 5.56 Å². The first-order valence-electron chi connectivity index (χ1n) is 8.62. The van der Waals surface area contributed by atoms with Crippen LogP contribution >= 0.6 is 0 Å². The molecule has 1 amide bonds. The van der Waals surface area contributed by atoms with Gasteiger partial charge in [0, 0.05) is 18.9 Å². The number of para-hydroxylation sites is 1. The van der Waals surface area contributed by atoms with Crippen LogP contribution in [0.15, 0.2) is 30.5 Å². The van der Waals surface area contributed by atoms with E-state index < -0.39 is 18.0 Å². The molecule has 2 aliphatic rings. The Labute approximate surface area is 145 Å². The normalized spacial score (nSPS) is 25.2. The summed E-state index contributed by atoms with van der Waals surface area (Å²) in [5.41, 5.74) is 1.59. The van der Waals surface area contributed by atoms with E-state index in [9.17, 15) is 13.6 Å². The van der Waals surface area contributed by atoms with Crippen LogP contribution in [-0.4, -0.2) is 15.7 Å². The number of nitrogens with one attached hydrogen (secondary N) is 1. The van der Waals surface area contributed by atoms with Crippen LogP contribution in [0.3, 0.4) is 0 Å². The molecule has 1 aromatic heterocycles. The third-order valence-electron chi connectivity index (χ3n) is 5.68. The highest BCUT2D eigenvalue weighted by Gasteiger charge is 2.59. The monoisotopic (exact) mass is 345 g/mol. The van der Waals surface area contributed by atoms with E-state index in [0.29, 0.717) is 17.0 Å². The van der Waals surface area contributed by atoms with Crippen molar-refractivity contribution >= 4 is 11.6 Å².